The van der Waals surface area contributed by atoms with Crippen molar-refractivity contribution in [3.05, 3.63) is 100 Å². The predicted molar refractivity (Wildman–Crippen MR) is 144 cm³/mol. The third kappa shape index (κ3) is 5.10. The second kappa shape index (κ2) is 10.1. The quantitative estimate of drug-likeness (QED) is 0.258. The van der Waals surface area contributed by atoms with Crippen LogP contribution in [0.1, 0.15) is 54.6 Å². The molecule has 0 radical (unpaired) electrons. The van der Waals surface area contributed by atoms with Crippen LogP contribution in [0.4, 0.5) is 0 Å². The molecule has 1 aliphatic heterocycles. The number of ether oxygens (including phenoxy) is 2. The number of amides is 1. The fraction of sp³-hybridized carbons (Fsp3) is 0.290. The van der Waals surface area contributed by atoms with Crippen molar-refractivity contribution >= 4 is 17.4 Å². The maximum absolute atomic E-state index is 13.4. The van der Waals surface area contributed by atoms with Crippen LogP contribution in [-0.4, -0.2) is 35.9 Å². The van der Waals surface area contributed by atoms with E-state index in [1.54, 1.807) is 26.4 Å². The zero-order valence-electron chi connectivity index (χ0n) is 22.2. The number of benzene rings is 3. The monoisotopic (exact) mass is 499 g/mol. The van der Waals surface area contributed by atoms with Gasteiger partial charge in [0.25, 0.3) is 11.7 Å². The lowest BCUT2D eigenvalue weighted by molar-refractivity contribution is -0.140. The zero-order chi connectivity index (χ0) is 26.9. The Hall–Kier alpha value is -4.06. The van der Waals surface area contributed by atoms with Crippen molar-refractivity contribution in [1.29, 1.82) is 0 Å². The minimum atomic E-state index is -0.734. The third-order valence-electron chi connectivity index (χ3n) is 6.69. The van der Waals surface area contributed by atoms with E-state index in [0.717, 1.165) is 22.3 Å². The fourth-order valence-corrected chi connectivity index (χ4v) is 4.75. The molecule has 1 unspecified atom stereocenters. The van der Waals surface area contributed by atoms with E-state index < -0.39 is 17.7 Å². The summed E-state index contributed by atoms with van der Waals surface area (Å²) in [5.74, 6) is -0.149. The first-order valence-corrected chi connectivity index (χ1v) is 12.2. The number of hydrogen-bond acceptors (Lipinski definition) is 5. The second-order valence-corrected chi connectivity index (χ2v) is 10.4. The van der Waals surface area contributed by atoms with E-state index in [2.05, 4.69) is 20.8 Å². The highest BCUT2D eigenvalue weighted by Gasteiger charge is 2.46. The van der Waals surface area contributed by atoms with Crippen LogP contribution in [0, 0.1) is 6.92 Å². The highest BCUT2D eigenvalue weighted by Crippen LogP contribution is 2.42. The molecule has 6 heteroatoms. The molecule has 3 aromatic rings. The molecule has 1 fully saturated rings. The molecule has 37 heavy (non-hydrogen) atoms. The summed E-state index contributed by atoms with van der Waals surface area (Å²) in [7, 11) is 3.20. The number of carbonyl (C=O) groups is 2. The molecule has 3 aromatic carbocycles. The van der Waals surface area contributed by atoms with Crippen molar-refractivity contribution in [2.24, 2.45) is 0 Å². The molecule has 1 aliphatic rings. The van der Waals surface area contributed by atoms with Crippen LogP contribution in [0.25, 0.3) is 5.76 Å². The van der Waals surface area contributed by atoms with Crippen LogP contribution >= 0.6 is 0 Å². The first kappa shape index (κ1) is 26.0. The minimum absolute atomic E-state index is 0.0779. The largest absolute Gasteiger partial charge is 0.507 e. The van der Waals surface area contributed by atoms with E-state index in [9.17, 15) is 14.7 Å². The van der Waals surface area contributed by atoms with Crippen molar-refractivity contribution in [2.45, 2.75) is 45.7 Å². The van der Waals surface area contributed by atoms with Crippen LogP contribution < -0.4 is 9.47 Å². The van der Waals surface area contributed by atoms with Gasteiger partial charge in [-0.1, -0.05) is 62.7 Å². The van der Waals surface area contributed by atoms with Crippen LogP contribution in [0.5, 0.6) is 11.5 Å². The Morgan fingerprint density at radius 3 is 2.24 bits per heavy atom. The topological polar surface area (TPSA) is 76.1 Å². The summed E-state index contributed by atoms with van der Waals surface area (Å²) in [5, 5.41) is 11.5. The lowest BCUT2D eigenvalue weighted by Crippen LogP contribution is -2.29. The number of Topliss-reactive ketones (excluding diaryl/α,β-unsaturated/α-hetero) is 1. The third-order valence-corrected chi connectivity index (χ3v) is 6.69. The van der Waals surface area contributed by atoms with Crippen molar-refractivity contribution in [3.63, 3.8) is 0 Å². The van der Waals surface area contributed by atoms with Gasteiger partial charge < -0.3 is 19.5 Å². The number of likely N-dealkylation sites (tertiary alicyclic amines) is 1. The van der Waals surface area contributed by atoms with Crippen LogP contribution in [0.3, 0.4) is 0 Å². The lowest BCUT2D eigenvalue weighted by Gasteiger charge is -2.26. The van der Waals surface area contributed by atoms with Crippen molar-refractivity contribution in [2.75, 3.05) is 14.2 Å². The lowest BCUT2D eigenvalue weighted by atomic mass is 9.84. The fourth-order valence-electron chi connectivity index (χ4n) is 4.75. The SMILES string of the molecule is COc1ccc(CN2C(=O)C(=O)/C(=C(\O)c3ccc(OC)c(C(C)(C)C)c3)C2c2cccc(C)c2)cc1. The molecule has 0 spiro atoms. The smallest absolute Gasteiger partial charge is 0.295 e. The molecule has 1 saturated heterocycles. The average molecular weight is 500 g/mol. The summed E-state index contributed by atoms with van der Waals surface area (Å²) < 4.78 is 10.8. The number of methoxy groups -OCH3 is 2. The Labute approximate surface area is 218 Å². The van der Waals surface area contributed by atoms with Crippen molar-refractivity contribution < 1.29 is 24.2 Å². The molecule has 1 atom stereocenters. The number of ketones is 1. The minimum Gasteiger partial charge on any atom is -0.507 e. The summed E-state index contributed by atoms with van der Waals surface area (Å²) >= 11 is 0. The number of aryl methyl sites for hydroxylation is 1. The van der Waals surface area contributed by atoms with Crippen LogP contribution in [0.15, 0.2) is 72.3 Å². The number of rotatable bonds is 6. The van der Waals surface area contributed by atoms with Crippen molar-refractivity contribution in [3.8, 4) is 11.5 Å². The molecule has 4 rings (SSSR count). The van der Waals surface area contributed by atoms with Gasteiger partial charge in [-0.05, 0) is 53.8 Å². The molecule has 0 saturated carbocycles. The van der Waals surface area contributed by atoms with Gasteiger partial charge in [0, 0.05) is 17.7 Å². The van der Waals surface area contributed by atoms with E-state index >= 15 is 0 Å². The molecule has 1 amide bonds. The van der Waals surface area contributed by atoms with Gasteiger partial charge in [-0.3, -0.25) is 9.59 Å². The Balaban J connectivity index is 1.87. The summed E-state index contributed by atoms with van der Waals surface area (Å²) in [6.45, 7) is 8.32. The summed E-state index contributed by atoms with van der Waals surface area (Å²) in [6.07, 6.45) is 0. The highest BCUT2D eigenvalue weighted by atomic mass is 16.5. The molecule has 1 heterocycles. The number of aliphatic hydroxyl groups is 1. The van der Waals surface area contributed by atoms with Gasteiger partial charge in [0.05, 0.1) is 25.8 Å². The van der Waals surface area contributed by atoms with Gasteiger partial charge in [0.1, 0.15) is 17.3 Å². The zero-order valence-corrected chi connectivity index (χ0v) is 22.2. The molecule has 6 nitrogen and oxygen atoms in total. The Morgan fingerprint density at radius 2 is 1.65 bits per heavy atom. The first-order chi connectivity index (χ1) is 17.5. The number of hydrogen-bond donors (Lipinski definition) is 1. The molecule has 0 aromatic heterocycles. The summed E-state index contributed by atoms with van der Waals surface area (Å²) in [4.78, 5) is 28.3. The Kier molecular flexibility index (Phi) is 7.12. The standard InChI is InChI=1S/C31H33NO5/c1-19-8-7-9-21(16-19)27-26(28(33)22-12-15-25(37-6)24(17-22)31(2,3)4)29(34)30(35)32(27)18-20-10-13-23(36-5)14-11-20/h7-17,27,33H,18H2,1-6H3/b28-26-. The van der Waals surface area contributed by atoms with Gasteiger partial charge in [-0.25, -0.2) is 0 Å². The normalized spacial score (nSPS) is 17.2. The van der Waals surface area contributed by atoms with Gasteiger partial charge in [0.2, 0.25) is 0 Å². The van der Waals surface area contributed by atoms with Crippen molar-refractivity contribution in [1.82, 2.24) is 4.90 Å². The van der Waals surface area contributed by atoms with Crippen LogP contribution in [-0.2, 0) is 21.5 Å². The first-order valence-electron chi connectivity index (χ1n) is 12.2. The van der Waals surface area contributed by atoms with E-state index in [4.69, 9.17) is 9.47 Å². The molecule has 0 aliphatic carbocycles. The molecule has 1 N–H and O–H groups in total. The number of nitrogens with zero attached hydrogens (tertiary/aromatic N) is 1. The molecule has 192 valence electrons. The molecular weight excluding hydrogens is 466 g/mol. The van der Waals surface area contributed by atoms with E-state index in [-0.39, 0.29) is 23.3 Å². The van der Waals surface area contributed by atoms with E-state index in [0.29, 0.717) is 17.1 Å². The van der Waals surface area contributed by atoms with Crippen LogP contribution in [0.2, 0.25) is 0 Å². The Bertz CT molecular complexity index is 1370. The predicted octanol–water partition coefficient (Wildman–Crippen LogP) is 5.93. The number of aliphatic hydroxyl groups excluding tert-OH is 1. The second-order valence-electron chi connectivity index (χ2n) is 10.4. The number of carbonyl (C=O) groups excluding carboxylic acids is 2. The molecule has 0 bridgehead atoms. The van der Waals surface area contributed by atoms with E-state index in [1.165, 1.54) is 4.90 Å². The summed E-state index contributed by atoms with van der Waals surface area (Å²) in [6, 6.07) is 19.6. The average Bonchev–Trinajstić information content (AvgIpc) is 3.12. The Morgan fingerprint density at radius 1 is 0.946 bits per heavy atom. The molecular formula is C31H33NO5. The highest BCUT2D eigenvalue weighted by molar-refractivity contribution is 6.46. The maximum atomic E-state index is 13.4. The van der Waals surface area contributed by atoms with Gasteiger partial charge in [-0.2, -0.15) is 0 Å². The maximum Gasteiger partial charge on any atom is 0.295 e. The van der Waals surface area contributed by atoms with Gasteiger partial charge >= 0.3 is 0 Å². The van der Waals surface area contributed by atoms with Gasteiger partial charge in [0.15, 0.2) is 0 Å². The van der Waals surface area contributed by atoms with Gasteiger partial charge in [-0.15, -0.1) is 0 Å². The van der Waals surface area contributed by atoms with E-state index in [1.807, 2.05) is 61.5 Å². The summed E-state index contributed by atoms with van der Waals surface area (Å²) in [5.41, 5.74) is 3.77.